The molecule has 0 saturated carbocycles. The first kappa shape index (κ1) is 12.4. The van der Waals surface area contributed by atoms with Crippen molar-refractivity contribution >= 4 is 11.3 Å². The summed E-state index contributed by atoms with van der Waals surface area (Å²) in [6.07, 6.45) is 1.01. The zero-order valence-corrected chi connectivity index (χ0v) is 11.6. The number of likely N-dealkylation sites (N-methyl/N-ethyl adjacent to an activating group) is 1. The molecule has 1 unspecified atom stereocenters. The molecule has 2 aromatic heterocycles. The maximum Gasteiger partial charge on any atom is 0.106 e. The van der Waals surface area contributed by atoms with Crippen LogP contribution >= 0.6 is 11.3 Å². The van der Waals surface area contributed by atoms with E-state index in [1.54, 1.807) is 11.3 Å². The third kappa shape index (κ3) is 2.45. The molecule has 0 saturated heterocycles. The van der Waals surface area contributed by atoms with Gasteiger partial charge in [-0.05, 0) is 62.2 Å². The van der Waals surface area contributed by atoms with Crippen molar-refractivity contribution in [1.29, 1.82) is 0 Å². The fourth-order valence-electron chi connectivity index (χ4n) is 2.31. The lowest BCUT2D eigenvalue weighted by atomic mass is 9.97. The first-order chi connectivity index (χ1) is 8.13. The van der Waals surface area contributed by atoms with Crippen LogP contribution in [0.3, 0.4) is 0 Å². The van der Waals surface area contributed by atoms with Gasteiger partial charge in [-0.1, -0.05) is 0 Å². The second kappa shape index (κ2) is 5.07. The first-order valence-electron chi connectivity index (χ1n) is 5.88. The van der Waals surface area contributed by atoms with Crippen molar-refractivity contribution in [2.24, 2.45) is 0 Å². The molecule has 2 rings (SSSR count). The third-order valence-electron chi connectivity index (χ3n) is 3.33. The first-order valence-corrected chi connectivity index (χ1v) is 6.82. The SMILES string of the molecule is CNC(Cc1ccsc1)c1c(C)oc(C)c1C. The van der Waals surface area contributed by atoms with Crippen LogP contribution in [0.2, 0.25) is 0 Å². The van der Waals surface area contributed by atoms with E-state index in [9.17, 15) is 0 Å². The van der Waals surface area contributed by atoms with Crippen LogP contribution in [0.25, 0.3) is 0 Å². The monoisotopic (exact) mass is 249 g/mol. The van der Waals surface area contributed by atoms with Gasteiger partial charge in [-0.3, -0.25) is 0 Å². The Morgan fingerprint density at radius 1 is 1.29 bits per heavy atom. The Hall–Kier alpha value is -1.06. The fourth-order valence-corrected chi connectivity index (χ4v) is 3.00. The molecule has 2 heterocycles. The van der Waals surface area contributed by atoms with E-state index in [0.29, 0.717) is 6.04 Å². The fraction of sp³-hybridized carbons (Fsp3) is 0.429. The average Bonchev–Trinajstić information content (AvgIpc) is 2.87. The number of aryl methyl sites for hydroxylation is 2. The van der Waals surface area contributed by atoms with Crippen LogP contribution in [-0.4, -0.2) is 7.05 Å². The maximum atomic E-state index is 5.71. The summed E-state index contributed by atoms with van der Waals surface area (Å²) in [5, 5.41) is 7.73. The van der Waals surface area contributed by atoms with E-state index < -0.39 is 0 Å². The van der Waals surface area contributed by atoms with Crippen LogP contribution in [0.4, 0.5) is 0 Å². The third-order valence-corrected chi connectivity index (χ3v) is 4.07. The summed E-state index contributed by atoms with van der Waals surface area (Å²) in [5.74, 6) is 2.07. The van der Waals surface area contributed by atoms with Crippen molar-refractivity contribution in [2.75, 3.05) is 7.05 Å². The summed E-state index contributed by atoms with van der Waals surface area (Å²) in [6.45, 7) is 6.22. The summed E-state index contributed by atoms with van der Waals surface area (Å²) in [5.41, 5.74) is 3.97. The highest BCUT2D eigenvalue weighted by atomic mass is 32.1. The molecule has 0 spiro atoms. The van der Waals surface area contributed by atoms with E-state index in [4.69, 9.17) is 4.42 Å². The summed E-state index contributed by atoms with van der Waals surface area (Å²) in [7, 11) is 2.01. The highest BCUT2D eigenvalue weighted by molar-refractivity contribution is 7.07. The zero-order chi connectivity index (χ0) is 12.4. The van der Waals surface area contributed by atoms with Crippen molar-refractivity contribution in [3.8, 4) is 0 Å². The molecule has 1 N–H and O–H groups in total. The number of nitrogens with one attached hydrogen (secondary N) is 1. The van der Waals surface area contributed by atoms with Crippen molar-refractivity contribution in [2.45, 2.75) is 33.2 Å². The Balaban J connectivity index is 2.29. The van der Waals surface area contributed by atoms with Gasteiger partial charge >= 0.3 is 0 Å². The van der Waals surface area contributed by atoms with E-state index in [0.717, 1.165) is 17.9 Å². The normalized spacial score (nSPS) is 12.9. The highest BCUT2D eigenvalue weighted by Gasteiger charge is 2.20. The molecular formula is C14H19NOS. The van der Waals surface area contributed by atoms with Gasteiger partial charge in [-0.15, -0.1) is 0 Å². The minimum absolute atomic E-state index is 0.335. The molecule has 0 amide bonds. The second-order valence-electron chi connectivity index (χ2n) is 4.43. The van der Waals surface area contributed by atoms with Gasteiger partial charge in [0.05, 0.1) is 0 Å². The van der Waals surface area contributed by atoms with Gasteiger partial charge in [0.2, 0.25) is 0 Å². The molecule has 0 radical (unpaired) electrons. The Labute approximate surface area is 107 Å². The molecule has 1 atom stereocenters. The van der Waals surface area contributed by atoms with E-state index in [1.807, 2.05) is 20.9 Å². The maximum absolute atomic E-state index is 5.71. The van der Waals surface area contributed by atoms with E-state index in [1.165, 1.54) is 16.7 Å². The molecular weight excluding hydrogens is 230 g/mol. The van der Waals surface area contributed by atoms with Gasteiger partial charge in [0, 0.05) is 11.6 Å². The van der Waals surface area contributed by atoms with Crippen LogP contribution in [0, 0.1) is 20.8 Å². The molecule has 0 bridgehead atoms. The minimum atomic E-state index is 0.335. The van der Waals surface area contributed by atoms with Crippen LogP contribution in [0.15, 0.2) is 21.2 Å². The molecule has 0 aromatic carbocycles. The number of thiophene rings is 1. The van der Waals surface area contributed by atoms with Crippen molar-refractivity contribution in [3.63, 3.8) is 0 Å². The molecule has 2 nitrogen and oxygen atoms in total. The van der Waals surface area contributed by atoms with Gasteiger partial charge in [0.25, 0.3) is 0 Å². The Kier molecular flexibility index (Phi) is 3.69. The average molecular weight is 249 g/mol. The van der Waals surface area contributed by atoms with Crippen LogP contribution in [-0.2, 0) is 6.42 Å². The molecule has 92 valence electrons. The van der Waals surface area contributed by atoms with Crippen molar-refractivity contribution in [3.05, 3.63) is 45.0 Å². The van der Waals surface area contributed by atoms with Gasteiger partial charge < -0.3 is 9.73 Å². The molecule has 0 fully saturated rings. The lowest BCUT2D eigenvalue weighted by molar-refractivity contribution is 0.489. The lowest BCUT2D eigenvalue weighted by Gasteiger charge is -2.16. The number of furan rings is 1. The van der Waals surface area contributed by atoms with Crippen LogP contribution in [0.1, 0.15) is 34.3 Å². The number of hydrogen-bond donors (Lipinski definition) is 1. The lowest BCUT2D eigenvalue weighted by Crippen LogP contribution is -2.19. The Morgan fingerprint density at radius 3 is 2.53 bits per heavy atom. The molecule has 0 aliphatic rings. The largest absolute Gasteiger partial charge is 0.466 e. The van der Waals surface area contributed by atoms with E-state index in [-0.39, 0.29) is 0 Å². The smallest absolute Gasteiger partial charge is 0.106 e. The summed E-state index contributed by atoms with van der Waals surface area (Å²) < 4.78 is 5.71. The molecule has 2 aromatic rings. The van der Waals surface area contributed by atoms with Gasteiger partial charge in [-0.2, -0.15) is 11.3 Å². The Morgan fingerprint density at radius 2 is 2.06 bits per heavy atom. The predicted octanol–water partition coefficient (Wildman–Crippen LogP) is 3.77. The van der Waals surface area contributed by atoms with Gasteiger partial charge in [0.15, 0.2) is 0 Å². The number of rotatable bonds is 4. The second-order valence-corrected chi connectivity index (χ2v) is 5.21. The molecule has 17 heavy (non-hydrogen) atoms. The minimum Gasteiger partial charge on any atom is -0.466 e. The predicted molar refractivity (Wildman–Crippen MR) is 72.7 cm³/mol. The molecule has 3 heteroatoms. The van der Waals surface area contributed by atoms with Gasteiger partial charge in [0.1, 0.15) is 11.5 Å². The molecule has 0 aliphatic heterocycles. The summed E-state index contributed by atoms with van der Waals surface area (Å²) in [4.78, 5) is 0. The van der Waals surface area contributed by atoms with Crippen LogP contribution in [0.5, 0.6) is 0 Å². The topological polar surface area (TPSA) is 25.2 Å². The Bertz CT molecular complexity index is 485. The highest BCUT2D eigenvalue weighted by Crippen LogP contribution is 2.29. The summed E-state index contributed by atoms with van der Waals surface area (Å²) >= 11 is 1.75. The standard InChI is InChI=1S/C14H19NOS/c1-9-10(2)16-11(3)14(9)13(15-4)7-12-5-6-17-8-12/h5-6,8,13,15H,7H2,1-4H3. The quantitative estimate of drug-likeness (QED) is 0.892. The van der Waals surface area contributed by atoms with Gasteiger partial charge in [-0.25, -0.2) is 0 Å². The number of hydrogen-bond acceptors (Lipinski definition) is 3. The van der Waals surface area contributed by atoms with Crippen molar-refractivity contribution in [1.82, 2.24) is 5.32 Å². The molecule has 0 aliphatic carbocycles. The van der Waals surface area contributed by atoms with E-state index in [2.05, 4.69) is 29.1 Å². The van der Waals surface area contributed by atoms with Crippen molar-refractivity contribution < 1.29 is 4.42 Å². The van der Waals surface area contributed by atoms with E-state index >= 15 is 0 Å². The zero-order valence-electron chi connectivity index (χ0n) is 10.8. The summed E-state index contributed by atoms with van der Waals surface area (Å²) in [6, 6.07) is 2.52. The van der Waals surface area contributed by atoms with Crippen LogP contribution < -0.4 is 5.32 Å².